The molecule has 0 radical (unpaired) electrons. The lowest BCUT2D eigenvalue weighted by Gasteiger charge is -2.07. The molecule has 2 aromatic rings. The highest BCUT2D eigenvalue weighted by Crippen LogP contribution is 2.26. The zero-order chi connectivity index (χ0) is 11.5. The van der Waals surface area contributed by atoms with Gasteiger partial charge in [-0.25, -0.2) is 4.98 Å². The zero-order valence-corrected chi connectivity index (χ0v) is 11.4. The maximum absolute atomic E-state index is 9.93. The van der Waals surface area contributed by atoms with Crippen LogP contribution in [0.15, 0.2) is 34.9 Å². The summed E-state index contributed by atoms with van der Waals surface area (Å²) in [6, 6.07) is 7.86. The first-order valence-corrected chi connectivity index (χ1v) is 6.67. The molecule has 16 heavy (non-hydrogen) atoms. The molecule has 1 unspecified atom stereocenters. The fourth-order valence-electron chi connectivity index (χ4n) is 1.35. The Morgan fingerprint density at radius 3 is 2.62 bits per heavy atom. The largest absolute Gasteiger partial charge is 0.386 e. The van der Waals surface area contributed by atoms with Gasteiger partial charge in [0.05, 0.1) is 6.20 Å². The molecule has 0 amide bonds. The van der Waals surface area contributed by atoms with E-state index in [-0.39, 0.29) is 0 Å². The van der Waals surface area contributed by atoms with Gasteiger partial charge in [0.2, 0.25) is 0 Å². The third kappa shape index (κ3) is 3.04. The van der Waals surface area contributed by atoms with E-state index < -0.39 is 6.10 Å². The van der Waals surface area contributed by atoms with Crippen molar-refractivity contribution in [1.82, 2.24) is 4.98 Å². The SMILES string of the molecule is OC(Cc1ccc(Br)cc1)c1ncc(Cl)s1. The van der Waals surface area contributed by atoms with Crippen molar-refractivity contribution in [2.24, 2.45) is 0 Å². The van der Waals surface area contributed by atoms with Crippen LogP contribution in [-0.2, 0) is 6.42 Å². The van der Waals surface area contributed by atoms with Crippen LogP contribution in [0.1, 0.15) is 16.7 Å². The Hall–Kier alpha value is -0.420. The standard InChI is InChI=1S/C11H9BrClNOS/c12-8-3-1-7(2-4-8)5-9(15)11-14-6-10(13)16-11/h1-4,6,9,15H,5H2. The highest BCUT2D eigenvalue weighted by Gasteiger charge is 2.12. The number of thiazole rings is 1. The molecule has 0 bridgehead atoms. The van der Waals surface area contributed by atoms with E-state index >= 15 is 0 Å². The third-order valence-corrected chi connectivity index (χ3v) is 3.87. The first-order chi connectivity index (χ1) is 7.65. The van der Waals surface area contributed by atoms with Gasteiger partial charge in [0, 0.05) is 10.9 Å². The number of hydrogen-bond acceptors (Lipinski definition) is 3. The Kier molecular flexibility index (Phi) is 3.97. The second-order valence-corrected chi connectivity index (χ2v) is 5.96. The molecule has 1 aromatic carbocycles. The molecule has 0 spiro atoms. The zero-order valence-electron chi connectivity index (χ0n) is 8.23. The number of rotatable bonds is 3. The predicted octanol–water partition coefficient (Wildman–Crippen LogP) is 3.84. The van der Waals surface area contributed by atoms with Gasteiger partial charge in [0.25, 0.3) is 0 Å². The monoisotopic (exact) mass is 317 g/mol. The van der Waals surface area contributed by atoms with E-state index in [1.807, 2.05) is 24.3 Å². The molecule has 5 heteroatoms. The summed E-state index contributed by atoms with van der Waals surface area (Å²) in [5, 5.41) is 10.6. The van der Waals surface area contributed by atoms with Gasteiger partial charge < -0.3 is 5.11 Å². The number of aliphatic hydroxyl groups is 1. The Morgan fingerprint density at radius 2 is 2.06 bits per heavy atom. The van der Waals surface area contributed by atoms with Crippen LogP contribution in [-0.4, -0.2) is 10.1 Å². The summed E-state index contributed by atoms with van der Waals surface area (Å²) in [7, 11) is 0. The maximum atomic E-state index is 9.93. The van der Waals surface area contributed by atoms with Crippen LogP contribution >= 0.6 is 38.9 Å². The van der Waals surface area contributed by atoms with Crippen molar-refractivity contribution < 1.29 is 5.11 Å². The molecule has 0 saturated heterocycles. The Morgan fingerprint density at radius 1 is 1.38 bits per heavy atom. The average Bonchev–Trinajstić information content (AvgIpc) is 2.68. The van der Waals surface area contributed by atoms with Crippen LogP contribution < -0.4 is 0 Å². The van der Waals surface area contributed by atoms with Crippen LogP contribution in [0.5, 0.6) is 0 Å². The van der Waals surface area contributed by atoms with Gasteiger partial charge in [0.15, 0.2) is 0 Å². The fraction of sp³-hybridized carbons (Fsp3) is 0.182. The minimum absolute atomic E-state index is 0.553. The first kappa shape index (κ1) is 12.0. The first-order valence-electron chi connectivity index (χ1n) is 4.69. The van der Waals surface area contributed by atoms with Crippen molar-refractivity contribution in [2.45, 2.75) is 12.5 Å². The lowest BCUT2D eigenvalue weighted by molar-refractivity contribution is 0.178. The molecular formula is C11H9BrClNOS. The van der Waals surface area contributed by atoms with E-state index in [0.717, 1.165) is 10.0 Å². The number of hydrogen-bond donors (Lipinski definition) is 1. The van der Waals surface area contributed by atoms with Gasteiger partial charge in [-0.15, -0.1) is 11.3 Å². The molecule has 2 nitrogen and oxygen atoms in total. The predicted molar refractivity (Wildman–Crippen MR) is 69.9 cm³/mol. The van der Waals surface area contributed by atoms with Crippen molar-refractivity contribution in [1.29, 1.82) is 0 Å². The fourth-order valence-corrected chi connectivity index (χ4v) is 2.53. The number of halogens is 2. The van der Waals surface area contributed by atoms with E-state index in [4.69, 9.17) is 11.6 Å². The lowest BCUT2D eigenvalue weighted by atomic mass is 10.1. The smallest absolute Gasteiger partial charge is 0.123 e. The minimum atomic E-state index is -0.585. The normalized spacial score (nSPS) is 12.7. The van der Waals surface area contributed by atoms with E-state index in [9.17, 15) is 5.11 Å². The molecule has 84 valence electrons. The van der Waals surface area contributed by atoms with E-state index in [2.05, 4.69) is 20.9 Å². The third-order valence-electron chi connectivity index (χ3n) is 2.12. The molecule has 0 aliphatic heterocycles. The molecule has 0 fully saturated rings. The summed E-state index contributed by atoms with van der Waals surface area (Å²) in [5.41, 5.74) is 1.07. The number of aromatic nitrogens is 1. The minimum Gasteiger partial charge on any atom is -0.386 e. The van der Waals surface area contributed by atoms with Crippen molar-refractivity contribution >= 4 is 38.9 Å². The van der Waals surface area contributed by atoms with Crippen molar-refractivity contribution in [3.05, 3.63) is 49.8 Å². The number of benzene rings is 1. The quantitative estimate of drug-likeness (QED) is 0.933. The molecule has 0 aliphatic carbocycles. The number of nitrogens with zero attached hydrogens (tertiary/aromatic N) is 1. The Labute approximate surface area is 111 Å². The Bertz CT molecular complexity index is 471. The second kappa shape index (κ2) is 5.27. The molecule has 2 rings (SSSR count). The highest BCUT2D eigenvalue weighted by atomic mass is 79.9. The molecule has 1 aromatic heterocycles. The molecular weight excluding hydrogens is 310 g/mol. The average molecular weight is 319 g/mol. The molecule has 0 aliphatic rings. The summed E-state index contributed by atoms with van der Waals surface area (Å²) < 4.78 is 1.63. The molecule has 1 N–H and O–H groups in total. The molecule has 0 saturated carbocycles. The highest BCUT2D eigenvalue weighted by molar-refractivity contribution is 9.10. The van der Waals surface area contributed by atoms with Crippen molar-refractivity contribution in [3.63, 3.8) is 0 Å². The van der Waals surface area contributed by atoms with Gasteiger partial charge in [0.1, 0.15) is 15.4 Å². The van der Waals surface area contributed by atoms with E-state index in [0.29, 0.717) is 15.8 Å². The van der Waals surface area contributed by atoms with Crippen LogP contribution in [0, 0.1) is 0 Å². The summed E-state index contributed by atoms with van der Waals surface area (Å²) in [6.45, 7) is 0. The summed E-state index contributed by atoms with van der Waals surface area (Å²) in [6.07, 6.45) is 1.53. The van der Waals surface area contributed by atoms with Crippen LogP contribution in [0.4, 0.5) is 0 Å². The Balaban J connectivity index is 2.07. The lowest BCUT2D eigenvalue weighted by Crippen LogP contribution is -2.00. The van der Waals surface area contributed by atoms with Gasteiger partial charge in [-0.05, 0) is 17.7 Å². The second-order valence-electron chi connectivity index (χ2n) is 3.35. The van der Waals surface area contributed by atoms with Gasteiger partial charge >= 0.3 is 0 Å². The summed E-state index contributed by atoms with van der Waals surface area (Å²) in [4.78, 5) is 4.06. The van der Waals surface area contributed by atoms with Crippen molar-refractivity contribution in [3.8, 4) is 0 Å². The van der Waals surface area contributed by atoms with Crippen LogP contribution in [0.25, 0.3) is 0 Å². The topological polar surface area (TPSA) is 33.1 Å². The number of aliphatic hydroxyl groups excluding tert-OH is 1. The summed E-state index contributed by atoms with van der Waals surface area (Å²) in [5.74, 6) is 0. The van der Waals surface area contributed by atoms with E-state index in [1.54, 1.807) is 6.20 Å². The molecule has 1 atom stereocenters. The molecule has 1 heterocycles. The van der Waals surface area contributed by atoms with Gasteiger partial charge in [-0.1, -0.05) is 39.7 Å². The van der Waals surface area contributed by atoms with Crippen LogP contribution in [0.2, 0.25) is 4.34 Å². The van der Waals surface area contributed by atoms with Gasteiger partial charge in [-0.2, -0.15) is 0 Å². The maximum Gasteiger partial charge on any atom is 0.123 e. The van der Waals surface area contributed by atoms with E-state index in [1.165, 1.54) is 11.3 Å². The van der Waals surface area contributed by atoms with Crippen molar-refractivity contribution in [2.75, 3.05) is 0 Å². The van der Waals surface area contributed by atoms with Gasteiger partial charge in [-0.3, -0.25) is 0 Å². The summed E-state index contributed by atoms with van der Waals surface area (Å²) >= 11 is 10.4. The van der Waals surface area contributed by atoms with Crippen LogP contribution in [0.3, 0.4) is 0 Å².